The molecule has 6 nitrogen and oxygen atoms in total. The average Bonchev–Trinajstić information content (AvgIpc) is 2.61. The zero-order valence-corrected chi connectivity index (χ0v) is 15.6. The molecule has 1 saturated heterocycles. The van der Waals surface area contributed by atoms with E-state index in [-0.39, 0.29) is 24.4 Å². The van der Waals surface area contributed by atoms with E-state index in [0.717, 1.165) is 38.9 Å². The third kappa shape index (κ3) is 6.55. The number of hydrogen-bond acceptors (Lipinski definition) is 3. The number of nitrogens with zero attached hydrogens (tertiary/aromatic N) is 1. The van der Waals surface area contributed by atoms with Gasteiger partial charge in [-0.1, -0.05) is 31.2 Å². The van der Waals surface area contributed by atoms with Gasteiger partial charge in [-0.3, -0.25) is 4.79 Å². The number of urea groups is 1. The fourth-order valence-corrected chi connectivity index (χ4v) is 3.03. The van der Waals surface area contributed by atoms with Gasteiger partial charge < -0.3 is 21.3 Å². The number of nitrogens with two attached hydrogens (primary N) is 1. The van der Waals surface area contributed by atoms with E-state index in [2.05, 4.69) is 41.8 Å². The first-order valence-electron chi connectivity index (χ1n) is 8.74. The molecule has 4 N–H and O–H groups in total. The molecule has 1 aliphatic heterocycles. The van der Waals surface area contributed by atoms with Gasteiger partial charge in [0.1, 0.15) is 0 Å². The van der Waals surface area contributed by atoms with Crippen LogP contribution in [0.4, 0.5) is 4.79 Å². The van der Waals surface area contributed by atoms with Gasteiger partial charge >= 0.3 is 6.03 Å². The number of primary amides is 1. The van der Waals surface area contributed by atoms with Crippen LogP contribution in [0.2, 0.25) is 0 Å². The lowest BCUT2D eigenvalue weighted by molar-refractivity contribution is -0.134. The lowest BCUT2D eigenvalue weighted by Crippen LogP contribution is -2.48. The fourth-order valence-electron chi connectivity index (χ4n) is 3.03. The number of carbonyl (C=O) groups excluding carboxylic acids is 2. The third-order valence-electron chi connectivity index (χ3n) is 4.45. The highest BCUT2D eigenvalue weighted by Crippen LogP contribution is 2.24. The van der Waals surface area contributed by atoms with E-state index in [4.69, 9.17) is 5.73 Å². The topological polar surface area (TPSA) is 87.5 Å². The van der Waals surface area contributed by atoms with Crippen LogP contribution in [-0.4, -0.2) is 43.0 Å². The second-order valence-electron chi connectivity index (χ2n) is 6.15. The van der Waals surface area contributed by atoms with Gasteiger partial charge in [-0.2, -0.15) is 0 Å². The van der Waals surface area contributed by atoms with Crippen LogP contribution < -0.4 is 16.4 Å². The Morgan fingerprint density at radius 3 is 2.64 bits per heavy atom. The number of carbonyl (C=O) groups is 2. The molecule has 7 heteroatoms. The van der Waals surface area contributed by atoms with E-state index in [1.54, 1.807) is 0 Å². The Bertz CT molecular complexity index is 551. The minimum absolute atomic E-state index is 0. The maximum Gasteiger partial charge on any atom is 0.312 e. The summed E-state index contributed by atoms with van der Waals surface area (Å²) in [4.78, 5) is 25.2. The van der Waals surface area contributed by atoms with Crippen molar-refractivity contribution in [3.63, 3.8) is 0 Å². The third-order valence-corrected chi connectivity index (χ3v) is 4.45. The Morgan fingerprint density at radius 2 is 2.00 bits per heavy atom. The molecule has 140 valence electrons. The normalized spacial score (nSPS) is 16.8. The molecule has 0 aromatic heterocycles. The van der Waals surface area contributed by atoms with E-state index in [9.17, 15) is 9.59 Å². The first kappa shape index (κ1) is 21.3. The minimum atomic E-state index is -0.515. The van der Waals surface area contributed by atoms with Gasteiger partial charge in [0.15, 0.2) is 0 Å². The van der Waals surface area contributed by atoms with Crippen molar-refractivity contribution < 1.29 is 9.59 Å². The molecule has 3 amide bonds. The van der Waals surface area contributed by atoms with Gasteiger partial charge in [0, 0.05) is 32.6 Å². The van der Waals surface area contributed by atoms with E-state index in [1.165, 1.54) is 11.1 Å². The van der Waals surface area contributed by atoms with Crippen molar-refractivity contribution in [1.82, 2.24) is 15.5 Å². The molecule has 1 heterocycles. The maximum absolute atomic E-state index is 12.6. The SMILES string of the molecule is CCc1ccc(C2CNCCN2C(=O)CCCCNC(N)=O)cc1.Cl. The molecule has 25 heavy (non-hydrogen) atoms. The van der Waals surface area contributed by atoms with Crippen LogP contribution >= 0.6 is 12.4 Å². The average molecular weight is 369 g/mol. The number of rotatable bonds is 7. The number of piperazine rings is 1. The highest BCUT2D eigenvalue weighted by molar-refractivity contribution is 5.85. The summed E-state index contributed by atoms with van der Waals surface area (Å²) in [6.45, 7) is 5.02. The van der Waals surface area contributed by atoms with Gasteiger partial charge in [-0.15, -0.1) is 12.4 Å². The molecule has 1 aromatic rings. The van der Waals surface area contributed by atoms with Crippen LogP contribution in [0.25, 0.3) is 0 Å². The molecule has 0 radical (unpaired) electrons. The predicted molar refractivity (Wildman–Crippen MR) is 102 cm³/mol. The van der Waals surface area contributed by atoms with Gasteiger partial charge in [-0.05, 0) is 30.4 Å². The van der Waals surface area contributed by atoms with Crippen molar-refractivity contribution in [2.24, 2.45) is 5.73 Å². The molecule has 0 aliphatic carbocycles. The van der Waals surface area contributed by atoms with Crippen LogP contribution in [0.5, 0.6) is 0 Å². The molecule has 1 fully saturated rings. The second kappa shape index (κ2) is 10.9. The summed E-state index contributed by atoms with van der Waals surface area (Å²) >= 11 is 0. The molecule has 1 atom stereocenters. The molecule has 1 unspecified atom stereocenters. The zero-order valence-electron chi connectivity index (χ0n) is 14.8. The van der Waals surface area contributed by atoms with Crippen molar-refractivity contribution in [2.75, 3.05) is 26.2 Å². The minimum Gasteiger partial charge on any atom is -0.352 e. The lowest BCUT2D eigenvalue weighted by Gasteiger charge is -2.36. The van der Waals surface area contributed by atoms with Gasteiger partial charge in [0.2, 0.25) is 5.91 Å². The Hall–Kier alpha value is -1.79. The van der Waals surface area contributed by atoms with E-state index in [0.29, 0.717) is 13.0 Å². The van der Waals surface area contributed by atoms with E-state index < -0.39 is 6.03 Å². The maximum atomic E-state index is 12.6. The van der Waals surface area contributed by atoms with Crippen LogP contribution in [0.15, 0.2) is 24.3 Å². The summed E-state index contributed by atoms with van der Waals surface area (Å²) in [5, 5.41) is 5.93. The van der Waals surface area contributed by atoms with Gasteiger partial charge in [0.05, 0.1) is 6.04 Å². The van der Waals surface area contributed by atoms with Crippen LogP contribution in [0.1, 0.15) is 43.4 Å². The summed E-state index contributed by atoms with van der Waals surface area (Å²) in [6, 6.07) is 8.13. The summed E-state index contributed by atoms with van der Waals surface area (Å²) in [7, 11) is 0. The van der Waals surface area contributed by atoms with Crippen LogP contribution in [-0.2, 0) is 11.2 Å². The summed E-state index contributed by atoms with van der Waals surface area (Å²) in [5.74, 6) is 0.181. The number of halogens is 1. The molecule has 1 aromatic carbocycles. The molecule has 1 aliphatic rings. The number of hydrogen-bond donors (Lipinski definition) is 3. The molecule has 0 bridgehead atoms. The predicted octanol–water partition coefficient (Wildman–Crippen LogP) is 1.98. The molecule has 2 rings (SSSR count). The van der Waals surface area contributed by atoms with Gasteiger partial charge in [0.25, 0.3) is 0 Å². The van der Waals surface area contributed by atoms with E-state index >= 15 is 0 Å². The Labute approximate surface area is 155 Å². The van der Waals surface area contributed by atoms with Crippen LogP contribution in [0, 0.1) is 0 Å². The largest absolute Gasteiger partial charge is 0.352 e. The number of nitrogens with one attached hydrogen (secondary N) is 2. The highest BCUT2D eigenvalue weighted by Gasteiger charge is 2.27. The van der Waals surface area contributed by atoms with Crippen LogP contribution in [0.3, 0.4) is 0 Å². The molecular formula is C18H29ClN4O2. The number of aryl methyl sites for hydroxylation is 1. The quantitative estimate of drug-likeness (QED) is 0.643. The molecule has 0 spiro atoms. The highest BCUT2D eigenvalue weighted by atomic mass is 35.5. The first-order chi connectivity index (χ1) is 11.6. The number of benzene rings is 1. The van der Waals surface area contributed by atoms with Crippen molar-refractivity contribution in [3.8, 4) is 0 Å². The summed E-state index contributed by atoms with van der Waals surface area (Å²) in [6.07, 6.45) is 3.04. The number of unbranched alkanes of at least 4 members (excludes halogenated alkanes) is 1. The van der Waals surface area contributed by atoms with Crippen molar-refractivity contribution >= 4 is 24.3 Å². The summed E-state index contributed by atoms with van der Waals surface area (Å²) < 4.78 is 0. The summed E-state index contributed by atoms with van der Waals surface area (Å²) in [5.41, 5.74) is 7.51. The smallest absolute Gasteiger partial charge is 0.312 e. The molecular weight excluding hydrogens is 340 g/mol. The second-order valence-corrected chi connectivity index (χ2v) is 6.15. The Morgan fingerprint density at radius 1 is 1.28 bits per heavy atom. The number of amides is 3. The Kier molecular flexibility index (Phi) is 9.31. The van der Waals surface area contributed by atoms with E-state index in [1.807, 2.05) is 4.90 Å². The monoisotopic (exact) mass is 368 g/mol. The standard InChI is InChI=1S/C18H28N4O2.ClH/c1-2-14-6-8-15(9-7-14)16-13-20-11-12-22(16)17(23)5-3-4-10-21-18(19)24;/h6-9,16,20H,2-5,10-13H2,1H3,(H3,19,21,24);1H. The fraction of sp³-hybridized carbons (Fsp3) is 0.556. The van der Waals surface area contributed by atoms with Crippen molar-refractivity contribution in [2.45, 2.75) is 38.6 Å². The van der Waals surface area contributed by atoms with Gasteiger partial charge in [-0.25, -0.2) is 4.79 Å². The molecule has 0 saturated carbocycles. The lowest BCUT2D eigenvalue weighted by atomic mass is 10.0. The zero-order chi connectivity index (χ0) is 17.4. The van der Waals surface area contributed by atoms with Crippen molar-refractivity contribution in [3.05, 3.63) is 35.4 Å². The Balaban J connectivity index is 0.00000312. The first-order valence-corrected chi connectivity index (χ1v) is 8.74. The van der Waals surface area contributed by atoms with Crippen molar-refractivity contribution in [1.29, 1.82) is 0 Å².